The number of carbonyl (C=O) groups excluding carboxylic acids is 1. The molecule has 0 saturated heterocycles. The van der Waals surface area contributed by atoms with Crippen molar-refractivity contribution in [3.05, 3.63) is 78.0 Å². The molecule has 1 amide bonds. The van der Waals surface area contributed by atoms with Gasteiger partial charge >= 0.3 is 0 Å². The first-order chi connectivity index (χ1) is 16.3. The molecule has 5 heterocycles. The smallest absolute Gasteiger partial charge is 0.253 e. The molecule has 1 aliphatic carbocycles. The van der Waals surface area contributed by atoms with Gasteiger partial charge in [-0.3, -0.25) is 19.3 Å². The second-order valence-corrected chi connectivity index (χ2v) is 8.71. The topological polar surface area (TPSA) is 111 Å². The van der Waals surface area contributed by atoms with Crippen molar-refractivity contribution < 1.29 is 4.79 Å². The van der Waals surface area contributed by atoms with Gasteiger partial charge in [-0.1, -0.05) is 6.07 Å². The molecule has 33 heavy (non-hydrogen) atoms. The van der Waals surface area contributed by atoms with Gasteiger partial charge in [0.05, 0.1) is 11.1 Å². The van der Waals surface area contributed by atoms with Crippen molar-refractivity contribution >= 4 is 28.3 Å². The standard InChI is InChI=1S/C23H18N8OS/c32-22(16-6-9-24-17-4-3-8-26-19(16)17)28-15-12-14(13-15)20-29-30-21(23-27-10-11-33-23)31(20)18-5-1-2-7-25-18/h1-11,14-15H,12-13H2,(H,28,32). The average molecular weight is 455 g/mol. The van der Waals surface area contributed by atoms with Gasteiger partial charge in [0.1, 0.15) is 17.2 Å². The molecule has 1 aliphatic rings. The van der Waals surface area contributed by atoms with E-state index in [4.69, 9.17) is 0 Å². The van der Waals surface area contributed by atoms with Gasteiger partial charge in [-0.25, -0.2) is 9.97 Å². The number of rotatable bonds is 5. The molecule has 0 spiro atoms. The second kappa shape index (κ2) is 8.14. The third-order valence-corrected chi connectivity index (χ3v) is 6.54. The van der Waals surface area contributed by atoms with Gasteiger partial charge in [0.2, 0.25) is 0 Å². The molecule has 5 aromatic rings. The lowest BCUT2D eigenvalue weighted by Crippen LogP contribution is -2.44. The fourth-order valence-corrected chi connectivity index (χ4v) is 4.73. The van der Waals surface area contributed by atoms with Crippen LogP contribution in [0.4, 0.5) is 0 Å². The molecule has 0 unspecified atom stereocenters. The monoisotopic (exact) mass is 454 g/mol. The molecule has 162 valence electrons. The van der Waals surface area contributed by atoms with Crippen LogP contribution in [-0.4, -0.2) is 46.6 Å². The summed E-state index contributed by atoms with van der Waals surface area (Å²) in [6, 6.07) is 11.2. The van der Waals surface area contributed by atoms with Crippen LogP contribution in [-0.2, 0) is 0 Å². The molecule has 5 aromatic heterocycles. The van der Waals surface area contributed by atoms with Crippen LogP contribution < -0.4 is 5.32 Å². The summed E-state index contributed by atoms with van der Waals surface area (Å²) in [6.07, 6.45) is 8.35. The second-order valence-electron chi connectivity index (χ2n) is 7.81. The number of thiazole rings is 1. The van der Waals surface area contributed by atoms with Crippen molar-refractivity contribution in [2.75, 3.05) is 0 Å². The van der Waals surface area contributed by atoms with Crippen LogP contribution in [0.2, 0.25) is 0 Å². The number of amides is 1. The number of carbonyl (C=O) groups is 1. The van der Waals surface area contributed by atoms with Crippen molar-refractivity contribution in [2.24, 2.45) is 0 Å². The Labute approximate surface area is 192 Å². The van der Waals surface area contributed by atoms with E-state index in [1.165, 1.54) is 11.3 Å². The minimum absolute atomic E-state index is 0.0478. The average Bonchev–Trinajstić information content (AvgIpc) is 3.51. The van der Waals surface area contributed by atoms with Gasteiger partial charge in [0.15, 0.2) is 10.8 Å². The normalized spacial score (nSPS) is 17.6. The van der Waals surface area contributed by atoms with E-state index in [2.05, 4.69) is 35.5 Å². The van der Waals surface area contributed by atoms with Crippen LogP contribution in [0.3, 0.4) is 0 Å². The molecule has 0 radical (unpaired) electrons. The number of nitrogens with one attached hydrogen (secondary N) is 1. The molecule has 0 aromatic carbocycles. The zero-order valence-electron chi connectivity index (χ0n) is 17.4. The molecule has 0 bridgehead atoms. The van der Waals surface area contributed by atoms with E-state index in [-0.39, 0.29) is 17.9 Å². The predicted octanol–water partition coefficient (Wildman–Crippen LogP) is 3.41. The van der Waals surface area contributed by atoms with E-state index in [1.54, 1.807) is 30.9 Å². The highest BCUT2D eigenvalue weighted by Gasteiger charge is 2.36. The lowest BCUT2D eigenvalue weighted by molar-refractivity contribution is 0.0908. The first-order valence-corrected chi connectivity index (χ1v) is 11.4. The first-order valence-electron chi connectivity index (χ1n) is 10.5. The highest BCUT2D eigenvalue weighted by molar-refractivity contribution is 7.13. The van der Waals surface area contributed by atoms with Crippen molar-refractivity contribution in [3.8, 4) is 16.6 Å². The van der Waals surface area contributed by atoms with E-state index in [1.807, 2.05) is 40.3 Å². The SMILES string of the molecule is O=C(NC1CC(c2nnc(-c3nccs3)n2-c2ccccn2)C1)c1ccnc2cccnc12. The van der Waals surface area contributed by atoms with Crippen molar-refractivity contribution in [1.82, 2.24) is 40.0 Å². The molecule has 0 aliphatic heterocycles. The molecule has 1 N–H and O–H groups in total. The first kappa shape index (κ1) is 19.6. The summed E-state index contributed by atoms with van der Waals surface area (Å²) in [5, 5.41) is 14.8. The molecular weight excluding hydrogens is 436 g/mol. The molecule has 10 heteroatoms. The molecule has 1 fully saturated rings. The Morgan fingerprint density at radius 3 is 2.67 bits per heavy atom. The van der Waals surface area contributed by atoms with Gasteiger partial charge < -0.3 is 5.32 Å². The van der Waals surface area contributed by atoms with E-state index < -0.39 is 0 Å². The molecule has 0 atom stereocenters. The van der Waals surface area contributed by atoms with Gasteiger partial charge in [-0.2, -0.15) is 0 Å². The third kappa shape index (κ3) is 3.54. The maximum Gasteiger partial charge on any atom is 0.253 e. The Hall–Kier alpha value is -4.05. The minimum Gasteiger partial charge on any atom is -0.349 e. The zero-order valence-corrected chi connectivity index (χ0v) is 18.2. The number of hydrogen-bond donors (Lipinski definition) is 1. The number of hydrogen-bond acceptors (Lipinski definition) is 8. The summed E-state index contributed by atoms with van der Waals surface area (Å²) in [4.78, 5) is 30.4. The van der Waals surface area contributed by atoms with Crippen LogP contribution in [0.1, 0.15) is 34.9 Å². The Kier molecular flexibility index (Phi) is 4.84. The highest BCUT2D eigenvalue weighted by Crippen LogP contribution is 2.38. The lowest BCUT2D eigenvalue weighted by Gasteiger charge is -2.35. The van der Waals surface area contributed by atoms with Gasteiger partial charge in [-0.05, 0) is 43.2 Å². The quantitative estimate of drug-likeness (QED) is 0.433. The van der Waals surface area contributed by atoms with Crippen LogP contribution in [0, 0.1) is 0 Å². The summed E-state index contributed by atoms with van der Waals surface area (Å²) in [7, 11) is 0. The minimum atomic E-state index is -0.140. The Balaban J connectivity index is 1.23. The molecule has 1 saturated carbocycles. The van der Waals surface area contributed by atoms with Gasteiger partial charge in [0, 0.05) is 42.1 Å². The summed E-state index contributed by atoms with van der Waals surface area (Å²) < 4.78 is 1.97. The summed E-state index contributed by atoms with van der Waals surface area (Å²) in [5.74, 6) is 2.29. The van der Waals surface area contributed by atoms with E-state index in [9.17, 15) is 4.79 Å². The van der Waals surface area contributed by atoms with E-state index >= 15 is 0 Å². The Bertz CT molecular complexity index is 1420. The van der Waals surface area contributed by atoms with Crippen molar-refractivity contribution in [2.45, 2.75) is 24.8 Å². The maximum absolute atomic E-state index is 12.9. The molecule has 9 nitrogen and oxygen atoms in total. The fraction of sp³-hybridized carbons (Fsp3) is 0.174. The number of fused-ring (bicyclic) bond motifs is 1. The van der Waals surface area contributed by atoms with Crippen LogP contribution in [0.5, 0.6) is 0 Å². The van der Waals surface area contributed by atoms with Gasteiger partial charge in [0.25, 0.3) is 5.91 Å². The van der Waals surface area contributed by atoms with E-state index in [0.29, 0.717) is 22.4 Å². The largest absolute Gasteiger partial charge is 0.349 e. The maximum atomic E-state index is 12.9. The van der Waals surface area contributed by atoms with Gasteiger partial charge in [-0.15, -0.1) is 21.5 Å². The molecular formula is C23H18N8OS. The Morgan fingerprint density at radius 2 is 1.85 bits per heavy atom. The third-order valence-electron chi connectivity index (χ3n) is 5.77. The highest BCUT2D eigenvalue weighted by atomic mass is 32.1. The number of nitrogens with zero attached hydrogens (tertiary/aromatic N) is 7. The summed E-state index contributed by atoms with van der Waals surface area (Å²) in [6.45, 7) is 0. The predicted molar refractivity (Wildman–Crippen MR) is 123 cm³/mol. The lowest BCUT2D eigenvalue weighted by atomic mass is 9.79. The van der Waals surface area contributed by atoms with Crippen molar-refractivity contribution in [1.29, 1.82) is 0 Å². The van der Waals surface area contributed by atoms with Crippen LogP contribution in [0.15, 0.2) is 66.6 Å². The summed E-state index contributed by atoms with van der Waals surface area (Å²) in [5.41, 5.74) is 1.85. The number of aromatic nitrogens is 7. The van der Waals surface area contributed by atoms with Crippen LogP contribution in [0.25, 0.3) is 27.7 Å². The summed E-state index contributed by atoms with van der Waals surface area (Å²) >= 11 is 1.51. The number of pyridine rings is 3. The van der Waals surface area contributed by atoms with Crippen molar-refractivity contribution in [3.63, 3.8) is 0 Å². The van der Waals surface area contributed by atoms with Crippen LogP contribution >= 0.6 is 11.3 Å². The Morgan fingerprint density at radius 1 is 0.939 bits per heavy atom. The fourth-order valence-electron chi connectivity index (χ4n) is 4.12. The molecule has 6 rings (SSSR count). The van der Waals surface area contributed by atoms with E-state index in [0.717, 1.165) is 29.5 Å². The zero-order chi connectivity index (χ0) is 22.2.